The van der Waals surface area contributed by atoms with Crippen molar-refractivity contribution in [3.8, 4) is 17.2 Å². The second-order valence-electron chi connectivity index (χ2n) is 11.2. The van der Waals surface area contributed by atoms with E-state index in [1.54, 1.807) is 31.4 Å². The number of sulfonamides is 1. The van der Waals surface area contributed by atoms with Crippen LogP contribution in [0.1, 0.15) is 43.2 Å². The highest BCUT2D eigenvalue weighted by atomic mass is 32.2. The van der Waals surface area contributed by atoms with Crippen molar-refractivity contribution < 1.29 is 32.2 Å². The number of fused-ring (bicyclic) bond motifs is 1. The highest BCUT2D eigenvalue weighted by Gasteiger charge is 2.34. The van der Waals surface area contributed by atoms with Gasteiger partial charge < -0.3 is 24.4 Å². The first-order valence-electron chi connectivity index (χ1n) is 14.9. The van der Waals surface area contributed by atoms with Crippen LogP contribution in [0.2, 0.25) is 0 Å². The van der Waals surface area contributed by atoms with Gasteiger partial charge in [-0.25, -0.2) is 8.42 Å². The quantitative estimate of drug-likeness (QED) is 0.321. The molecule has 1 aliphatic carbocycles. The predicted octanol–water partition coefficient (Wildman–Crippen LogP) is 4.28. The van der Waals surface area contributed by atoms with Crippen LogP contribution >= 0.6 is 0 Å². The van der Waals surface area contributed by atoms with Crippen molar-refractivity contribution in [2.75, 3.05) is 31.0 Å². The van der Waals surface area contributed by atoms with Crippen molar-refractivity contribution in [2.24, 2.45) is 0 Å². The molecule has 2 amide bonds. The number of methoxy groups -OCH3 is 1. The lowest BCUT2D eigenvalue weighted by Crippen LogP contribution is -2.55. The average molecular weight is 622 g/mol. The fourth-order valence-electron chi connectivity index (χ4n) is 5.72. The second kappa shape index (κ2) is 14.0. The minimum Gasteiger partial charge on any atom is -0.497 e. The Balaban J connectivity index is 1.51. The minimum absolute atomic E-state index is 0.0299. The van der Waals surface area contributed by atoms with Gasteiger partial charge >= 0.3 is 0 Å². The molecule has 10 nitrogen and oxygen atoms in total. The molecule has 3 aromatic carbocycles. The Morgan fingerprint density at radius 1 is 0.932 bits per heavy atom. The fourth-order valence-corrected chi connectivity index (χ4v) is 6.56. The summed E-state index contributed by atoms with van der Waals surface area (Å²) < 4.78 is 43.4. The van der Waals surface area contributed by atoms with Crippen molar-refractivity contribution in [2.45, 2.75) is 57.2 Å². The van der Waals surface area contributed by atoms with Crippen molar-refractivity contribution in [3.63, 3.8) is 0 Å². The third kappa shape index (κ3) is 7.82. The number of hydrogen-bond acceptors (Lipinski definition) is 7. The van der Waals surface area contributed by atoms with E-state index in [1.165, 1.54) is 4.90 Å². The first-order valence-corrected chi connectivity index (χ1v) is 16.7. The third-order valence-electron chi connectivity index (χ3n) is 8.03. The fraction of sp³-hybridized carbons (Fsp3) is 0.394. The standard InChI is InChI=1S/C33H39N3O7S/c1-41-28-15-9-12-25(18-28)21-35(29(19-24-10-5-3-6-11-24)33(38)34-26-13-7-4-8-14-26)32(37)22-36(44(2,39)40)27-16-17-30-31(20-27)43-23-42-30/h3,5-6,9-12,15-18,20,26,29H,4,7-8,13-14,19,21-23H2,1-2H3,(H,34,38). The van der Waals surface area contributed by atoms with E-state index in [9.17, 15) is 18.0 Å². The lowest BCUT2D eigenvalue weighted by molar-refractivity contribution is -0.140. The van der Waals surface area contributed by atoms with E-state index < -0.39 is 28.5 Å². The summed E-state index contributed by atoms with van der Waals surface area (Å²) in [6, 6.07) is 20.7. The Morgan fingerprint density at radius 2 is 1.66 bits per heavy atom. The van der Waals surface area contributed by atoms with Gasteiger partial charge in [-0.1, -0.05) is 61.7 Å². The molecule has 1 saturated carbocycles. The molecular weight excluding hydrogens is 582 g/mol. The van der Waals surface area contributed by atoms with Crippen LogP contribution in [0.5, 0.6) is 17.2 Å². The summed E-state index contributed by atoms with van der Waals surface area (Å²) in [5.74, 6) is 0.724. The summed E-state index contributed by atoms with van der Waals surface area (Å²) in [4.78, 5) is 29.9. The molecule has 44 heavy (non-hydrogen) atoms. The van der Waals surface area contributed by atoms with E-state index in [-0.39, 0.29) is 37.4 Å². The van der Waals surface area contributed by atoms with Crippen molar-refractivity contribution in [1.29, 1.82) is 0 Å². The monoisotopic (exact) mass is 621 g/mol. The number of benzene rings is 3. The summed E-state index contributed by atoms with van der Waals surface area (Å²) in [6.45, 7) is -0.406. The number of hydrogen-bond donors (Lipinski definition) is 1. The molecule has 0 aromatic heterocycles. The van der Waals surface area contributed by atoms with Crippen molar-refractivity contribution in [1.82, 2.24) is 10.2 Å². The first kappa shape index (κ1) is 31.2. The Morgan fingerprint density at radius 3 is 2.39 bits per heavy atom. The lowest BCUT2D eigenvalue weighted by Gasteiger charge is -2.35. The van der Waals surface area contributed by atoms with Crippen LogP contribution in [0.25, 0.3) is 0 Å². The largest absolute Gasteiger partial charge is 0.497 e. The van der Waals surface area contributed by atoms with E-state index in [4.69, 9.17) is 14.2 Å². The molecule has 11 heteroatoms. The molecular formula is C33H39N3O7S. The first-order chi connectivity index (χ1) is 21.2. The number of nitrogens with one attached hydrogen (secondary N) is 1. The zero-order valence-electron chi connectivity index (χ0n) is 25.1. The molecule has 3 aromatic rings. The van der Waals surface area contributed by atoms with Gasteiger partial charge in [0, 0.05) is 25.1 Å². The average Bonchev–Trinajstić information content (AvgIpc) is 3.50. The summed E-state index contributed by atoms with van der Waals surface area (Å²) >= 11 is 0. The zero-order chi connectivity index (χ0) is 31.1. The number of carbonyl (C=O) groups excluding carboxylic acids is 2. The molecule has 2 aliphatic rings. The Labute approximate surface area is 259 Å². The van der Waals surface area contributed by atoms with E-state index in [2.05, 4.69) is 5.32 Å². The molecule has 1 fully saturated rings. The minimum atomic E-state index is -3.91. The summed E-state index contributed by atoms with van der Waals surface area (Å²) in [7, 11) is -2.34. The summed E-state index contributed by atoms with van der Waals surface area (Å²) in [6.07, 6.45) is 6.31. The Kier molecular flexibility index (Phi) is 9.94. The molecule has 0 radical (unpaired) electrons. The van der Waals surface area contributed by atoms with Crippen LogP contribution in [-0.4, -0.2) is 63.9 Å². The van der Waals surface area contributed by atoms with Crippen LogP contribution < -0.4 is 23.8 Å². The van der Waals surface area contributed by atoms with Gasteiger partial charge in [0.1, 0.15) is 18.3 Å². The molecule has 0 saturated heterocycles. The number of nitrogens with zero attached hydrogens (tertiary/aromatic N) is 2. The van der Waals surface area contributed by atoms with Gasteiger partial charge in [-0.2, -0.15) is 0 Å². The van der Waals surface area contributed by atoms with Crippen LogP contribution in [0.3, 0.4) is 0 Å². The predicted molar refractivity (Wildman–Crippen MR) is 167 cm³/mol. The highest BCUT2D eigenvalue weighted by molar-refractivity contribution is 7.92. The van der Waals surface area contributed by atoms with E-state index >= 15 is 0 Å². The molecule has 234 valence electrons. The van der Waals surface area contributed by atoms with Crippen LogP contribution in [-0.2, 0) is 32.6 Å². The van der Waals surface area contributed by atoms with Crippen LogP contribution in [0.15, 0.2) is 72.8 Å². The van der Waals surface area contributed by atoms with Gasteiger partial charge in [0.05, 0.1) is 19.1 Å². The van der Waals surface area contributed by atoms with Gasteiger partial charge in [0.2, 0.25) is 28.6 Å². The van der Waals surface area contributed by atoms with Gasteiger partial charge in [-0.05, 0) is 48.2 Å². The number of carbonyl (C=O) groups is 2. The molecule has 5 rings (SSSR count). The zero-order valence-corrected chi connectivity index (χ0v) is 25.9. The normalized spacial score (nSPS) is 15.3. The molecule has 1 aliphatic heterocycles. The topological polar surface area (TPSA) is 114 Å². The van der Waals surface area contributed by atoms with E-state index in [0.29, 0.717) is 17.2 Å². The molecule has 0 spiro atoms. The summed E-state index contributed by atoms with van der Waals surface area (Å²) in [5, 5.41) is 3.21. The lowest BCUT2D eigenvalue weighted by atomic mass is 9.94. The maximum atomic E-state index is 14.3. The van der Waals surface area contributed by atoms with E-state index in [1.807, 2.05) is 48.5 Å². The SMILES string of the molecule is COc1cccc(CN(C(=O)CN(c2ccc3c(c2)OCO3)S(C)(=O)=O)C(Cc2ccccc2)C(=O)NC2CCCCC2)c1. The number of ether oxygens (including phenoxy) is 3. The molecule has 1 atom stereocenters. The second-order valence-corrected chi connectivity index (χ2v) is 13.1. The Hall–Kier alpha value is -4.25. The molecule has 0 bridgehead atoms. The number of rotatable bonds is 12. The van der Waals surface area contributed by atoms with E-state index in [0.717, 1.165) is 53.8 Å². The van der Waals surface area contributed by atoms with Crippen LogP contribution in [0, 0.1) is 0 Å². The summed E-state index contributed by atoms with van der Waals surface area (Å²) in [5.41, 5.74) is 1.89. The Bertz CT molecular complexity index is 1560. The van der Waals surface area contributed by atoms with Gasteiger partial charge in [0.25, 0.3) is 0 Å². The molecule has 1 N–H and O–H groups in total. The maximum Gasteiger partial charge on any atom is 0.244 e. The van der Waals surface area contributed by atoms with Gasteiger partial charge in [-0.3, -0.25) is 13.9 Å². The highest BCUT2D eigenvalue weighted by Crippen LogP contribution is 2.36. The molecule has 1 heterocycles. The third-order valence-corrected chi connectivity index (χ3v) is 9.17. The number of anilines is 1. The van der Waals surface area contributed by atoms with Crippen molar-refractivity contribution in [3.05, 3.63) is 83.9 Å². The van der Waals surface area contributed by atoms with Gasteiger partial charge in [0.15, 0.2) is 11.5 Å². The van der Waals surface area contributed by atoms with Gasteiger partial charge in [-0.15, -0.1) is 0 Å². The van der Waals surface area contributed by atoms with Crippen LogP contribution in [0.4, 0.5) is 5.69 Å². The maximum absolute atomic E-state index is 14.3. The number of amides is 2. The smallest absolute Gasteiger partial charge is 0.244 e. The van der Waals surface area contributed by atoms with Crippen molar-refractivity contribution >= 4 is 27.5 Å². The molecule has 1 unspecified atom stereocenters.